The molecule has 0 unspecified atom stereocenters. The molecule has 39 heavy (non-hydrogen) atoms. The standard InChI is InChI=1S/C34H39N3O2/c1-25(2)17-20-36-21-18-31(19-22-36)37(34(38)30-13-9-26(3)10-14-30)24-27-11-15-29(16-12-27)33-23-32(35-39-33)28-7-5-4-6-8-28/h4-16,23,25,31H,17-22,24H2,1-3H3. The van der Waals surface area contributed by atoms with Crippen LogP contribution in [0.25, 0.3) is 22.6 Å². The molecule has 0 aliphatic carbocycles. The van der Waals surface area contributed by atoms with Crippen molar-refractivity contribution >= 4 is 5.91 Å². The van der Waals surface area contributed by atoms with Crippen LogP contribution in [0.2, 0.25) is 0 Å². The van der Waals surface area contributed by atoms with E-state index in [1.165, 1.54) is 6.42 Å². The van der Waals surface area contributed by atoms with E-state index in [9.17, 15) is 4.79 Å². The molecule has 1 saturated heterocycles. The Labute approximate surface area is 232 Å². The molecular weight excluding hydrogens is 482 g/mol. The number of likely N-dealkylation sites (tertiary alicyclic amines) is 1. The van der Waals surface area contributed by atoms with Crippen LogP contribution in [0.15, 0.2) is 89.5 Å². The zero-order valence-corrected chi connectivity index (χ0v) is 23.3. The van der Waals surface area contributed by atoms with E-state index in [-0.39, 0.29) is 11.9 Å². The van der Waals surface area contributed by atoms with Crippen LogP contribution in [0.3, 0.4) is 0 Å². The Hall–Kier alpha value is -3.70. The van der Waals surface area contributed by atoms with Crippen molar-refractivity contribution in [1.82, 2.24) is 15.0 Å². The van der Waals surface area contributed by atoms with Crippen LogP contribution in [0, 0.1) is 12.8 Å². The van der Waals surface area contributed by atoms with E-state index >= 15 is 0 Å². The zero-order chi connectivity index (χ0) is 27.2. The van der Waals surface area contributed by atoms with E-state index in [4.69, 9.17) is 4.52 Å². The van der Waals surface area contributed by atoms with Crippen LogP contribution in [0.4, 0.5) is 0 Å². The fourth-order valence-electron chi connectivity index (χ4n) is 5.25. The van der Waals surface area contributed by atoms with Crippen molar-refractivity contribution in [2.24, 2.45) is 5.92 Å². The van der Waals surface area contributed by atoms with Gasteiger partial charge in [0, 0.05) is 48.4 Å². The van der Waals surface area contributed by atoms with Crippen molar-refractivity contribution in [3.05, 3.63) is 102 Å². The highest BCUT2D eigenvalue weighted by molar-refractivity contribution is 5.94. The van der Waals surface area contributed by atoms with Gasteiger partial charge in [0.25, 0.3) is 5.91 Å². The van der Waals surface area contributed by atoms with Gasteiger partial charge in [-0.15, -0.1) is 0 Å². The summed E-state index contributed by atoms with van der Waals surface area (Å²) in [7, 11) is 0. The predicted molar refractivity (Wildman–Crippen MR) is 157 cm³/mol. The van der Waals surface area contributed by atoms with Crippen LogP contribution in [-0.4, -0.2) is 46.5 Å². The third kappa shape index (κ3) is 6.85. The minimum absolute atomic E-state index is 0.113. The van der Waals surface area contributed by atoms with Crippen LogP contribution in [-0.2, 0) is 6.54 Å². The highest BCUT2D eigenvalue weighted by Crippen LogP contribution is 2.27. The van der Waals surface area contributed by atoms with E-state index in [0.29, 0.717) is 12.5 Å². The van der Waals surface area contributed by atoms with Gasteiger partial charge in [-0.3, -0.25) is 4.79 Å². The normalized spacial score (nSPS) is 14.6. The maximum absolute atomic E-state index is 13.8. The number of nitrogens with zero attached hydrogens (tertiary/aromatic N) is 3. The summed E-state index contributed by atoms with van der Waals surface area (Å²) in [5, 5.41) is 4.25. The van der Waals surface area contributed by atoms with Crippen LogP contribution >= 0.6 is 0 Å². The van der Waals surface area contributed by atoms with Crippen molar-refractivity contribution in [3.63, 3.8) is 0 Å². The van der Waals surface area contributed by atoms with Gasteiger partial charge in [-0.2, -0.15) is 0 Å². The molecule has 1 aromatic heterocycles. The van der Waals surface area contributed by atoms with Gasteiger partial charge in [0.1, 0.15) is 5.69 Å². The van der Waals surface area contributed by atoms with Crippen LogP contribution in [0.1, 0.15) is 54.6 Å². The van der Waals surface area contributed by atoms with Gasteiger partial charge in [-0.1, -0.05) is 91.3 Å². The molecule has 1 fully saturated rings. The van der Waals surface area contributed by atoms with Gasteiger partial charge in [0.15, 0.2) is 5.76 Å². The summed E-state index contributed by atoms with van der Waals surface area (Å²) in [6, 6.07) is 28.5. The molecular formula is C34H39N3O2. The molecule has 2 heterocycles. The molecule has 1 amide bonds. The fourth-order valence-corrected chi connectivity index (χ4v) is 5.25. The van der Waals surface area contributed by atoms with Crippen molar-refractivity contribution < 1.29 is 9.32 Å². The molecule has 5 nitrogen and oxygen atoms in total. The smallest absolute Gasteiger partial charge is 0.254 e. The maximum atomic E-state index is 13.8. The first-order valence-electron chi connectivity index (χ1n) is 14.2. The average molecular weight is 522 g/mol. The maximum Gasteiger partial charge on any atom is 0.254 e. The predicted octanol–water partition coefficient (Wildman–Crippen LogP) is 7.47. The van der Waals surface area contributed by atoms with Gasteiger partial charge in [-0.05, 0) is 56.3 Å². The van der Waals surface area contributed by atoms with Gasteiger partial charge in [0.2, 0.25) is 0 Å². The van der Waals surface area contributed by atoms with Gasteiger partial charge < -0.3 is 14.3 Å². The largest absolute Gasteiger partial charge is 0.356 e. The number of rotatable bonds is 9. The molecule has 1 aliphatic heterocycles. The van der Waals surface area contributed by atoms with E-state index in [1.54, 1.807) is 0 Å². The lowest BCUT2D eigenvalue weighted by Gasteiger charge is -2.39. The molecule has 5 heteroatoms. The van der Waals surface area contributed by atoms with E-state index < -0.39 is 0 Å². The molecule has 0 spiro atoms. The first kappa shape index (κ1) is 26.9. The molecule has 0 N–H and O–H groups in total. The molecule has 0 saturated carbocycles. The summed E-state index contributed by atoms with van der Waals surface area (Å²) >= 11 is 0. The molecule has 4 aromatic rings. The van der Waals surface area contributed by atoms with Gasteiger partial charge in [-0.25, -0.2) is 0 Å². The Morgan fingerprint density at radius 3 is 2.31 bits per heavy atom. The number of benzene rings is 3. The first-order chi connectivity index (χ1) is 19.0. The Morgan fingerprint density at radius 1 is 0.949 bits per heavy atom. The Balaban J connectivity index is 1.31. The highest BCUT2D eigenvalue weighted by atomic mass is 16.5. The van der Waals surface area contributed by atoms with Crippen molar-refractivity contribution in [2.75, 3.05) is 19.6 Å². The topological polar surface area (TPSA) is 49.6 Å². The Morgan fingerprint density at radius 2 is 1.64 bits per heavy atom. The molecule has 0 atom stereocenters. The summed E-state index contributed by atoms with van der Waals surface area (Å²) in [5.74, 6) is 1.57. The van der Waals surface area contributed by atoms with Crippen LogP contribution in [0.5, 0.6) is 0 Å². The molecule has 0 bridgehead atoms. The minimum atomic E-state index is 0.113. The highest BCUT2D eigenvalue weighted by Gasteiger charge is 2.29. The average Bonchev–Trinajstić information content (AvgIpc) is 3.47. The lowest BCUT2D eigenvalue weighted by atomic mass is 9.99. The Kier molecular flexibility index (Phi) is 8.58. The second-order valence-electron chi connectivity index (χ2n) is 11.2. The van der Waals surface area contributed by atoms with Crippen molar-refractivity contribution in [2.45, 2.75) is 52.6 Å². The third-order valence-electron chi connectivity index (χ3n) is 7.75. The zero-order valence-electron chi connectivity index (χ0n) is 23.3. The third-order valence-corrected chi connectivity index (χ3v) is 7.75. The fraction of sp³-hybridized carbons (Fsp3) is 0.353. The minimum Gasteiger partial charge on any atom is -0.356 e. The first-order valence-corrected chi connectivity index (χ1v) is 14.2. The summed E-state index contributed by atoms with van der Waals surface area (Å²) in [4.78, 5) is 18.4. The number of hydrogen-bond donors (Lipinski definition) is 0. The molecule has 5 rings (SSSR count). The second kappa shape index (κ2) is 12.4. The van der Waals surface area contributed by atoms with Crippen molar-refractivity contribution in [1.29, 1.82) is 0 Å². The van der Waals surface area contributed by atoms with Gasteiger partial charge >= 0.3 is 0 Å². The lowest BCUT2D eigenvalue weighted by Crippen LogP contribution is -2.47. The monoisotopic (exact) mass is 521 g/mol. The quantitative estimate of drug-likeness (QED) is 0.229. The SMILES string of the molecule is Cc1ccc(C(=O)N(Cc2ccc(-c3cc(-c4ccccc4)no3)cc2)C2CCN(CCC(C)C)CC2)cc1. The molecule has 1 aliphatic rings. The lowest BCUT2D eigenvalue weighted by molar-refractivity contribution is 0.0546. The van der Waals surface area contributed by atoms with E-state index in [1.807, 2.05) is 60.7 Å². The number of hydrogen-bond acceptors (Lipinski definition) is 4. The Bertz CT molecular complexity index is 1340. The number of aryl methyl sites for hydroxylation is 1. The van der Waals surface area contributed by atoms with E-state index in [0.717, 1.165) is 71.7 Å². The summed E-state index contributed by atoms with van der Waals surface area (Å²) in [6.45, 7) is 10.4. The number of amides is 1. The number of carbonyl (C=O) groups is 1. The summed E-state index contributed by atoms with van der Waals surface area (Å²) in [5.41, 5.74) is 5.87. The number of piperidine rings is 1. The molecule has 3 aromatic carbocycles. The summed E-state index contributed by atoms with van der Waals surface area (Å²) < 4.78 is 5.65. The van der Waals surface area contributed by atoms with Crippen molar-refractivity contribution in [3.8, 4) is 22.6 Å². The van der Waals surface area contributed by atoms with Crippen LogP contribution < -0.4 is 0 Å². The summed E-state index contributed by atoms with van der Waals surface area (Å²) in [6.07, 6.45) is 3.24. The van der Waals surface area contributed by atoms with E-state index in [2.05, 4.69) is 60.0 Å². The molecule has 0 radical (unpaired) electrons. The second-order valence-corrected chi connectivity index (χ2v) is 11.2. The molecule has 202 valence electrons. The van der Waals surface area contributed by atoms with Gasteiger partial charge in [0.05, 0.1) is 0 Å². The number of aromatic nitrogens is 1. The number of carbonyl (C=O) groups excluding carboxylic acids is 1.